The minimum atomic E-state index is -4.38. The average molecular weight is 316 g/mol. The van der Waals surface area contributed by atoms with E-state index in [-0.39, 0.29) is 23.6 Å². The normalized spacial score (nSPS) is 22.2. The maximum atomic E-state index is 12.2. The maximum absolute atomic E-state index is 12.2. The summed E-state index contributed by atoms with van der Waals surface area (Å²) in [6, 6.07) is 6.28. The summed E-state index contributed by atoms with van der Waals surface area (Å²) in [6.07, 6.45) is -2.89. The van der Waals surface area contributed by atoms with Crippen LogP contribution in [0.25, 0.3) is 0 Å². The number of hydrogen-bond acceptors (Lipinski definition) is 3. The maximum Gasteiger partial charge on any atom is 0.422 e. The molecule has 2 atom stereocenters. The van der Waals surface area contributed by atoms with Gasteiger partial charge in [0.2, 0.25) is 5.91 Å². The highest BCUT2D eigenvalue weighted by Gasteiger charge is 2.28. The molecule has 22 heavy (non-hydrogen) atoms. The average Bonchev–Trinajstić information content (AvgIpc) is 2.45. The van der Waals surface area contributed by atoms with Crippen LogP contribution in [0, 0.1) is 5.92 Å². The Morgan fingerprint density at radius 1 is 1.45 bits per heavy atom. The van der Waals surface area contributed by atoms with Gasteiger partial charge < -0.3 is 15.4 Å². The smallest absolute Gasteiger partial charge is 0.422 e. The van der Waals surface area contributed by atoms with Crippen LogP contribution in [0.5, 0.6) is 5.75 Å². The summed E-state index contributed by atoms with van der Waals surface area (Å²) < 4.78 is 41.1. The highest BCUT2D eigenvalue weighted by molar-refractivity contribution is 5.92. The number of alkyl halides is 3. The summed E-state index contributed by atoms with van der Waals surface area (Å²) in [7, 11) is 0. The molecule has 0 aromatic heterocycles. The second kappa shape index (κ2) is 7.00. The summed E-state index contributed by atoms with van der Waals surface area (Å²) in [6.45, 7) is 1.45. The van der Waals surface area contributed by atoms with E-state index in [1.807, 2.05) is 6.92 Å². The van der Waals surface area contributed by atoms with Gasteiger partial charge in [0.05, 0.1) is 0 Å². The van der Waals surface area contributed by atoms with Gasteiger partial charge in [-0.25, -0.2) is 0 Å². The molecule has 7 heteroatoms. The van der Waals surface area contributed by atoms with Crippen LogP contribution in [0.2, 0.25) is 0 Å². The molecule has 122 valence electrons. The zero-order valence-electron chi connectivity index (χ0n) is 12.2. The lowest BCUT2D eigenvalue weighted by Crippen LogP contribution is -2.40. The third kappa shape index (κ3) is 5.22. The fourth-order valence-corrected chi connectivity index (χ4v) is 2.44. The molecule has 0 radical (unpaired) electrons. The summed E-state index contributed by atoms with van der Waals surface area (Å²) >= 11 is 0. The zero-order valence-corrected chi connectivity index (χ0v) is 12.2. The van der Waals surface area contributed by atoms with Crippen molar-refractivity contribution in [2.24, 2.45) is 5.92 Å². The lowest BCUT2D eigenvalue weighted by Gasteiger charge is -2.27. The summed E-state index contributed by atoms with van der Waals surface area (Å²) in [5, 5.41) is 6.01. The van der Waals surface area contributed by atoms with Crippen molar-refractivity contribution in [2.75, 3.05) is 18.5 Å². The van der Waals surface area contributed by atoms with E-state index in [0.717, 1.165) is 19.4 Å². The number of nitrogens with one attached hydrogen (secondary N) is 2. The number of anilines is 1. The van der Waals surface area contributed by atoms with E-state index in [9.17, 15) is 18.0 Å². The minimum Gasteiger partial charge on any atom is -0.484 e. The lowest BCUT2D eigenvalue weighted by molar-refractivity contribution is -0.153. The van der Waals surface area contributed by atoms with Gasteiger partial charge in [0.15, 0.2) is 6.61 Å². The van der Waals surface area contributed by atoms with Gasteiger partial charge in [0, 0.05) is 23.7 Å². The van der Waals surface area contributed by atoms with Crippen molar-refractivity contribution >= 4 is 11.6 Å². The number of rotatable bonds is 4. The van der Waals surface area contributed by atoms with E-state index in [1.54, 1.807) is 12.1 Å². The Hall–Kier alpha value is -1.76. The second-order valence-electron chi connectivity index (χ2n) is 5.50. The summed E-state index contributed by atoms with van der Waals surface area (Å²) in [5.74, 6) is -0.119. The number of carbonyl (C=O) groups is 1. The van der Waals surface area contributed by atoms with Crippen LogP contribution < -0.4 is 15.4 Å². The molecule has 2 rings (SSSR count). The van der Waals surface area contributed by atoms with E-state index in [1.165, 1.54) is 12.1 Å². The van der Waals surface area contributed by atoms with Crippen LogP contribution in [0.3, 0.4) is 0 Å². The SMILES string of the molecule is C[C@H]1C[C@@H](C(=O)Nc2cccc(OCC(F)(F)F)c2)CCN1. The molecule has 1 aliphatic rings. The van der Waals surface area contributed by atoms with E-state index in [0.29, 0.717) is 5.69 Å². The molecule has 1 fully saturated rings. The molecule has 1 saturated heterocycles. The third-order valence-corrected chi connectivity index (χ3v) is 3.50. The molecule has 1 aromatic carbocycles. The number of benzene rings is 1. The first-order chi connectivity index (χ1) is 10.3. The molecule has 4 nitrogen and oxygen atoms in total. The van der Waals surface area contributed by atoms with Gasteiger partial charge in [0.25, 0.3) is 0 Å². The third-order valence-electron chi connectivity index (χ3n) is 3.50. The Labute approximate surface area is 127 Å². The first kappa shape index (κ1) is 16.6. The Morgan fingerprint density at radius 2 is 2.23 bits per heavy atom. The van der Waals surface area contributed by atoms with Crippen molar-refractivity contribution in [3.63, 3.8) is 0 Å². The van der Waals surface area contributed by atoms with Gasteiger partial charge >= 0.3 is 6.18 Å². The van der Waals surface area contributed by atoms with E-state index >= 15 is 0 Å². The molecular formula is C15H19F3N2O2. The van der Waals surface area contributed by atoms with Crippen molar-refractivity contribution in [1.29, 1.82) is 0 Å². The molecule has 0 unspecified atom stereocenters. The van der Waals surface area contributed by atoms with Crippen LogP contribution in [0.4, 0.5) is 18.9 Å². The molecule has 0 spiro atoms. The molecule has 0 saturated carbocycles. The van der Waals surface area contributed by atoms with Gasteiger partial charge in [-0.05, 0) is 38.4 Å². The van der Waals surface area contributed by atoms with Gasteiger partial charge in [-0.1, -0.05) is 6.07 Å². The Balaban J connectivity index is 1.93. The minimum absolute atomic E-state index is 0.0776. The van der Waals surface area contributed by atoms with E-state index in [2.05, 4.69) is 15.4 Å². The number of piperidine rings is 1. The van der Waals surface area contributed by atoms with Crippen molar-refractivity contribution in [3.05, 3.63) is 24.3 Å². The number of halogens is 3. The van der Waals surface area contributed by atoms with Crippen LogP contribution in [0.15, 0.2) is 24.3 Å². The topological polar surface area (TPSA) is 50.4 Å². The van der Waals surface area contributed by atoms with E-state index in [4.69, 9.17) is 0 Å². The fraction of sp³-hybridized carbons (Fsp3) is 0.533. The van der Waals surface area contributed by atoms with Crippen molar-refractivity contribution in [3.8, 4) is 5.75 Å². The standard InChI is InChI=1S/C15H19F3N2O2/c1-10-7-11(5-6-19-10)14(21)20-12-3-2-4-13(8-12)22-9-15(16,17)18/h2-4,8,10-11,19H,5-7,9H2,1H3,(H,20,21)/t10-,11-/m0/s1. The van der Waals surface area contributed by atoms with Crippen LogP contribution in [0.1, 0.15) is 19.8 Å². The monoisotopic (exact) mass is 316 g/mol. The van der Waals surface area contributed by atoms with Crippen LogP contribution in [-0.2, 0) is 4.79 Å². The predicted octanol–water partition coefficient (Wildman–Crippen LogP) is 2.95. The molecule has 1 aliphatic heterocycles. The number of amides is 1. The van der Waals surface area contributed by atoms with Crippen LogP contribution >= 0.6 is 0 Å². The number of hydrogen-bond donors (Lipinski definition) is 2. The molecule has 2 N–H and O–H groups in total. The molecule has 1 amide bonds. The fourth-order valence-electron chi connectivity index (χ4n) is 2.44. The predicted molar refractivity (Wildman–Crippen MR) is 76.8 cm³/mol. The van der Waals surface area contributed by atoms with Crippen molar-refractivity contribution < 1.29 is 22.7 Å². The molecule has 1 heterocycles. The van der Waals surface area contributed by atoms with E-state index < -0.39 is 12.8 Å². The number of carbonyl (C=O) groups excluding carboxylic acids is 1. The van der Waals surface area contributed by atoms with Crippen molar-refractivity contribution in [2.45, 2.75) is 32.0 Å². The molecule has 1 aromatic rings. The Bertz CT molecular complexity index is 520. The van der Waals surface area contributed by atoms with Gasteiger partial charge in [0.1, 0.15) is 5.75 Å². The summed E-state index contributed by atoms with van der Waals surface area (Å²) in [5.41, 5.74) is 0.441. The quantitative estimate of drug-likeness (QED) is 0.898. The summed E-state index contributed by atoms with van der Waals surface area (Å²) in [4.78, 5) is 12.2. The second-order valence-corrected chi connectivity index (χ2v) is 5.50. The highest BCUT2D eigenvalue weighted by Crippen LogP contribution is 2.23. The van der Waals surface area contributed by atoms with Gasteiger partial charge in [-0.3, -0.25) is 4.79 Å². The molecule has 0 bridgehead atoms. The zero-order chi connectivity index (χ0) is 16.2. The largest absolute Gasteiger partial charge is 0.484 e. The van der Waals surface area contributed by atoms with Gasteiger partial charge in [-0.2, -0.15) is 13.2 Å². The Kier molecular flexibility index (Phi) is 5.28. The molecular weight excluding hydrogens is 297 g/mol. The van der Waals surface area contributed by atoms with Crippen molar-refractivity contribution in [1.82, 2.24) is 5.32 Å². The van der Waals surface area contributed by atoms with Gasteiger partial charge in [-0.15, -0.1) is 0 Å². The number of ether oxygens (including phenoxy) is 1. The highest BCUT2D eigenvalue weighted by atomic mass is 19.4. The molecule has 0 aliphatic carbocycles. The Morgan fingerprint density at radius 3 is 2.91 bits per heavy atom. The first-order valence-corrected chi connectivity index (χ1v) is 7.17. The first-order valence-electron chi connectivity index (χ1n) is 7.17. The van der Waals surface area contributed by atoms with Crippen LogP contribution in [-0.4, -0.2) is 31.3 Å². The lowest BCUT2D eigenvalue weighted by atomic mass is 9.92.